The molecule has 2 heteroatoms. The topological polar surface area (TPSA) is 46.2 Å². The third-order valence-corrected chi connectivity index (χ3v) is 3.19. The Morgan fingerprint density at radius 1 is 1.45 bits per heavy atom. The highest BCUT2D eigenvalue weighted by molar-refractivity contribution is 4.90. The molecule has 1 aliphatic rings. The number of aliphatic hydroxyl groups is 1. The summed E-state index contributed by atoms with van der Waals surface area (Å²) in [6.07, 6.45) is 1.52. The minimum absolute atomic E-state index is 0.0128. The third kappa shape index (κ3) is 1.74. The van der Waals surface area contributed by atoms with Gasteiger partial charge >= 0.3 is 0 Å². The maximum absolute atomic E-state index is 9.46. The van der Waals surface area contributed by atoms with Crippen LogP contribution in [0.2, 0.25) is 0 Å². The Labute approximate surface area is 68.8 Å². The summed E-state index contributed by atoms with van der Waals surface area (Å²) in [7, 11) is 0. The Hall–Kier alpha value is -0.0800. The molecule has 0 aliphatic heterocycles. The molecule has 0 aromatic rings. The zero-order chi connectivity index (χ0) is 8.65. The van der Waals surface area contributed by atoms with E-state index in [1.54, 1.807) is 0 Å². The fraction of sp³-hybridized carbons (Fsp3) is 1.00. The number of nitrogens with two attached hydrogens (primary N) is 1. The van der Waals surface area contributed by atoms with E-state index >= 15 is 0 Å². The lowest BCUT2D eigenvalue weighted by molar-refractivity contribution is 0.0190. The van der Waals surface area contributed by atoms with Gasteiger partial charge in [0, 0.05) is 6.04 Å². The molecular weight excluding hydrogens is 138 g/mol. The van der Waals surface area contributed by atoms with Crippen LogP contribution in [0.1, 0.15) is 33.6 Å². The second-order valence-electron chi connectivity index (χ2n) is 4.56. The molecule has 3 N–H and O–H groups in total. The van der Waals surface area contributed by atoms with Crippen molar-refractivity contribution in [2.45, 2.75) is 45.8 Å². The fourth-order valence-electron chi connectivity index (χ4n) is 1.80. The molecule has 1 rings (SSSR count). The smallest absolute Gasteiger partial charge is 0.0694 e. The summed E-state index contributed by atoms with van der Waals surface area (Å²) in [5.41, 5.74) is 6.07. The van der Waals surface area contributed by atoms with Crippen LogP contribution in [0.25, 0.3) is 0 Å². The Bertz CT molecular complexity index is 144. The first-order chi connectivity index (χ1) is 4.93. The highest BCUT2D eigenvalue weighted by Gasteiger charge is 2.37. The molecule has 2 nitrogen and oxygen atoms in total. The van der Waals surface area contributed by atoms with Crippen molar-refractivity contribution in [1.82, 2.24) is 0 Å². The van der Waals surface area contributed by atoms with E-state index in [2.05, 4.69) is 20.8 Å². The molecule has 0 radical (unpaired) electrons. The molecular formula is C9H19NO. The monoisotopic (exact) mass is 157 g/mol. The van der Waals surface area contributed by atoms with Gasteiger partial charge in [-0.2, -0.15) is 0 Å². The van der Waals surface area contributed by atoms with Crippen LogP contribution < -0.4 is 5.73 Å². The van der Waals surface area contributed by atoms with E-state index in [-0.39, 0.29) is 12.1 Å². The minimum atomic E-state index is -0.280. The highest BCUT2D eigenvalue weighted by Crippen LogP contribution is 2.39. The van der Waals surface area contributed by atoms with Gasteiger partial charge in [0.15, 0.2) is 0 Å². The van der Waals surface area contributed by atoms with Gasteiger partial charge in [0.05, 0.1) is 6.10 Å². The average Bonchev–Trinajstić information content (AvgIpc) is 1.83. The zero-order valence-electron chi connectivity index (χ0n) is 7.67. The van der Waals surface area contributed by atoms with Crippen LogP contribution >= 0.6 is 0 Å². The predicted octanol–water partition coefficient (Wildman–Crippen LogP) is 1.13. The first-order valence-corrected chi connectivity index (χ1v) is 4.37. The van der Waals surface area contributed by atoms with Crippen molar-refractivity contribution in [3.05, 3.63) is 0 Å². The summed E-state index contributed by atoms with van der Waals surface area (Å²) in [5.74, 6) is 0.581. The maximum Gasteiger partial charge on any atom is 0.0694 e. The van der Waals surface area contributed by atoms with Crippen LogP contribution in [0, 0.1) is 11.3 Å². The first-order valence-electron chi connectivity index (χ1n) is 4.37. The zero-order valence-corrected chi connectivity index (χ0v) is 7.67. The van der Waals surface area contributed by atoms with Crippen molar-refractivity contribution >= 4 is 0 Å². The standard InChI is InChI=1S/C9H19NO/c1-6-4-8(11)7(10)5-9(6,2)3/h6-8,11H,4-5,10H2,1-3H3/t6?,7-,8-/m0/s1. The van der Waals surface area contributed by atoms with Gasteiger partial charge in [-0.3, -0.25) is 0 Å². The second kappa shape index (κ2) is 2.76. The summed E-state index contributed by atoms with van der Waals surface area (Å²) in [5, 5.41) is 9.46. The molecule has 0 bridgehead atoms. The maximum atomic E-state index is 9.46. The third-order valence-electron chi connectivity index (χ3n) is 3.19. The van der Waals surface area contributed by atoms with Crippen LogP contribution in [0.4, 0.5) is 0 Å². The van der Waals surface area contributed by atoms with Gasteiger partial charge in [-0.15, -0.1) is 0 Å². The van der Waals surface area contributed by atoms with Crippen molar-refractivity contribution in [2.24, 2.45) is 17.1 Å². The highest BCUT2D eigenvalue weighted by atomic mass is 16.3. The van der Waals surface area contributed by atoms with Gasteiger partial charge < -0.3 is 10.8 Å². The van der Waals surface area contributed by atoms with Crippen LogP contribution in [0.15, 0.2) is 0 Å². The average molecular weight is 157 g/mol. The number of rotatable bonds is 0. The normalized spacial score (nSPS) is 43.9. The summed E-state index contributed by atoms with van der Waals surface area (Å²) in [6.45, 7) is 6.64. The molecule has 0 saturated heterocycles. The van der Waals surface area contributed by atoms with Crippen LogP contribution in [0.5, 0.6) is 0 Å². The largest absolute Gasteiger partial charge is 0.392 e. The van der Waals surface area contributed by atoms with Crippen LogP contribution in [-0.4, -0.2) is 17.3 Å². The summed E-state index contributed by atoms with van der Waals surface area (Å²) in [4.78, 5) is 0. The van der Waals surface area contributed by atoms with E-state index in [0.29, 0.717) is 11.3 Å². The molecule has 3 atom stereocenters. The quantitative estimate of drug-likeness (QED) is 0.553. The van der Waals surface area contributed by atoms with E-state index in [0.717, 1.165) is 12.8 Å². The molecule has 0 spiro atoms. The molecule has 1 fully saturated rings. The predicted molar refractivity (Wildman–Crippen MR) is 46.2 cm³/mol. The number of hydrogen-bond donors (Lipinski definition) is 2. The van der Waals surface area contributed by atoms with Gasteiger partial charge in [-0.25, -0.2) is 0 Å². The Kier molecular flexibility index (Phi) is 2.26. The van der Waals surface area contributed by atoms with E-state index in [4.69, 9.17) is 5.73 Å². The number of aliphatic hydroxyl groups excluding tert-OH is 1. The molecule has 0 aromatic carbocycles. The van der Waals surface area contributed by atoms with Crippen molar-refractivity contribution < 1.29 is 5.11 Å². The molecule has 0 amide bonds. The van der Waals surface area contributed by atoms with Gasteiger partial charge in [-0.1, -0.05) is 20.8 Å². The second-order valence-corrected chi connectivity index (χ2v) is 4.56. The molecule has 0 heterocycles. The van der Waals surface area contributed by atoms with Crippen LogP contribution in [0.3, 0.4) is 0 Å². The van der Waals surface area contributed by atoms with E-state index in [1.165, 1.54) is 0 Å². The Balaban J connectivity index is 2.63. The Morgan fingerprint density at radius 2 is 2.00 bits per heavy atom. The van der Waals surface area contributed by atoms with Gasteiger partial charge in [0.2, 0.25) is 0 Å². The minimum Gasteiger partial charge on any atom is -0.392 e. The van der Waals surface area contributed by atoms with Gasteiger partial charge in [0.25, 0.3) is 0 Å². The van der Waals surface area contributed by atoms with Gasteiger partial charge in [0.1, 0.15) is 0 Å². The lowest BCUT2D eigenvalue weighted by atomic mass is 9.67. The van der Waals surface area contributed by atoms with Crippen molar-refractivity contribution in [3.8, 4) is 0 Å². The molecule has 66 valence electrons. The van der Waals surface area contributed by atoms with Crippen molar-refractivity contribution in [2.75, 3.05) is 0 Å². The number of hydrogen-bond acceptors (Lipinski definition) is 2. The molecule has 1 unspecified atom stereocenters. The lowest BCUT2D eigenvalue weighted by Gasteiger charge is -2.42. The molecule has 11 heavy (non-hydrogen) atoms. The van der Waals surface area contributed by atoms with E-state index in [9.17, 15) is 5.11 Å². The van der Waals surface area contributed by atoms with Crippen molar-refractivity contribution in [1.29, 1.82) is 0 Å². The summed E-state index contributed by atoms with van der Waals surface area (Å²) >= 11 is 0. The fourth-order valence-corrected chi connectivity index (χ4v) is 1.80. The summed E-state index contributed by atoms with van der Waals surface area (Å²) < 4.78 is 0. The van der Waals surface area contributed by atoms with Crippen molar-refractivity contribution in [3.63, 3.8) is 0 Å². The SMILES string of the molecule is CC1C[C@H](O)[C@@H](N)CC1(C)C. The Morgan fingerprint density at radius 3 is 2.45 bits per heavy atom. The molecule has 0 aromatic heterocycles. The van der Waals surface area contributed by atoms with Gasteiger partial charge in [-0.05, 0) is 24.2 Å². The molecule has 1 aliphatic carbocycles. The molecule has 1 saturated carbocycles. The van der Waals surface area contributed by atoms with E-state index < -0.39 is 0 Å². The first kappa shape index (κ1) is 9.01. The van der Waals surface area contributed by atoms with E-state index in [1.807, 2.05) is 0 Å². The summed E-state index contributed by atoms with van der Waals surface area (Å²) in [6, 6.07) is -0.0128. The van der Waals surface area contributed by atoms with Crippen LogP contribution in [-0.2, 0) is 0 Å². The lowest BCUT2D eigenvalue weighted by Crippen LogP contribution is -2.47.